The molecule has 0 aromatic rings. The highest BCUT2D eigenvalue weighted by atomic mass is 16.6. The molecule has 0 aromatic carbocycles. The molecule has 0 aliphatic heterocycles. The molecule has 0 fully saturated rings. The van der Waals surface area contributed by atoms with Crippen LogP contribution in [-0.4, -0.2) is 76.2 Å². The number of ether oxygens (including phenoxy) is 2. The molecule has 0 aliphatic carbocycles. The molecule has 1 unspecified atom stereocenters. The molecular formula is C18H48O11. The van der Waals surface area contributed by atoms with Gasteiger partial charge in [-0.2, -0.15) is 0 Å². The fourth-order valence-corrected chi connectivity index (χ4v) is 0.356. The first-order valence-electron chi connectivity index (χ1n) is 5.96. The van der Waals surface area contributed by atoms with Crippen LogP contribution in [-0.2, 0) is 28.7 Å². The summed E-state index contributed by atoms with van der Waals surface area (Å²) in [6.45, 7) is 3.51. The van der Waals surface area contributed by atoms with Gasteiger partial charge in [0.15, 0.2) is 6.61 Å². The summed E-state index contributed by atoms with van der Waals surface area (Å²) < 4.78 is 8.81. The van der Waals surface area contributed by atoms with Gasteiger partial charge in [0, 0.05) is 0 Å². The van der Waals surface area contributed by atoms with Crippen LogP contribution in [0, 0.1) is 5.92 Å². The molecule has 0 aromatic heterocycles. The van der Waals surface area contributed by atoms with Gasteiger partial charge < -0.3 is 35.4 Å². The topological polar surface area (TPSA) is 199 Å². The molecule has 0 amide bonds. The Labute approximate surface area is 177 Å². The van der Waals surface area contributed by atoms with E-state index in [4.69, 9.17) is 25.2 Å². The van der Waals surface area contributed by atoms with Crippen LogP contribution >= 0.6 is 0 Å². The Morgan fingerprint density at radius 3 is 1.28 bits per heavy atom. The van der Waals surface area contributed by atoms with Gasteiger partial charge in [0.25, 0.3) is 0 Å². The summed E-state index contributed by atoms with van der Waals surface area (Å²) in [5, 5.41) is 30.8. The van der Waals surface area contributed by atoms with Crippen LogP contribution in [0.4, 0.5) is 0 Å². The van der Waals surface area contributed by atoms with Crippen molar-refractivity contribution in [1.29, 1.82) is 0 Å². The van der Waals surface area contributed by atoms with Gasteiger partial charge in [0.2, 0.25) is 0 Å². The van der Waals surface area contributed by atoms with E-state index >= 15 is 0 Å². The second kappa shape index (κ2) is 40.4. The van der Waals surface area contributed by atoms with Crippen LogP contribution in [0.25, 0.3) is 0 Å². The van der Waals surface area contributed by atoms with Gasteiger partial charge in [-0.15, -0.1) is 0 Å². The van der Waals surface area contributed by atoms with E-state index in [0.29, 0.717) is 0 Å². The number of carboxylic acids is 2. The van der Waals surface area contributed by atoms with E-state index in [9.17, 15) is 14.4 Å². The Bertz CT molecular complexity index is 354. The highest BCUT2D eigenvalue weighted by Gasteiger charge is 2.10. The lowest BCUT2D eigenvalue weighted by Crippen LogP contribution is -2.18. The van der Waals surface area contributed by atoms with Gasteiger partial charge in [-0.25, -0.2) is 14.4 Å². The molecule has 29 heavy (non-hydrogen) atoms. The van der Waals surface area contributed by atoms with Crippen LogP contribution in [0.5, 0.6) is 0 Å². The number of aliphatic hydroxyl groups is 2. The van der Waals surface area contributed by atoms with Crippen LogP contribution in [0.3, 0.4) is 0 Å². The molecule has 11 nitrogen and oxygen atoms in total. The van der Waals surface area contributed by atoms with Crippen molar-refractivity contribution in [1.82, 2.24) is 0 Å². The summed E-state index contributed by atoms with van der Waals surface area (Å²) in [6, 6.07) is 0. The van der Waals surface area contributed by atoms with Crippen molar-refractivity contribution in [3.8, 4) is 0 Å². The fraction of sp³-hybridized carbons (Fsp3) is 0.778. The fourth-order valence-electron chi connectivity index (χ4n) is 0.356. The molecule has 0 saturated heterocycles. The molecule has 0 radical (unpaired) electrons. The number of hydrogen-bond donors (Lipinski definition) is 4. The van der Waals surface area contributed by atoms with E-state index in [0.717, 1.165) is 0 Å². The normalized spacial score (nSPS) is 7.69. The predicted molar refractivity (Wildman–Crippen MR) is 116 cm³/mol. The molecule has 1 atom stereocenters. The van der Waals surface area contributed by atoms with Gasteiger partial charge in [0.1, 0.15) is 12.7 Å². The summed E-state index contributed by atoms with van der Waals surface area (Å²) in [4.78, 5) is 39.7. The van der Waals surface area contributed by atoms with Crippen molar-refractivity contribution in [3.05, 3.63) is 0 Å². The van der Waals surface area contributed by atoms with Crippen LogP contribution in [0.2, 0.25) is 0 Å². The van der Waals surface area contributed by atoms with E-state index in [1.165, 1.54) is 14.0 Å². The summed E-state index contributed by atoms with van der Waals surface area (Å²) in [5.41, 5.74) is 0. The molecule has 0 bridgehead atoms. The molecule has 0 aliphatic rings. The second-order valence-corrected chi connectivity index (χ2v) is 3.90. The van der Waals surface area contributed by atoms with E-state index in [2.05, 4.69) is 9.47 Å². The first-order valence-corrected chi connectivity index (χ1v) is 5.96. The summed E-state index contributed by atoms with van der Waals surface area (Å²) in [7, 11) is 1.24. The van der Waals surface area contributed by atoms with Crippen molar-refractivity contribution >= 4 is 23.9 Å². The first-order chi connectivity index (χ1) is 9.99. The zero-order valence-electron chi connectivity index (χ0n) is 13.3. The van der Waals surface area contributed by atoms with Gasteiger partial charge >= 0.3 is 23.9 Å². The van der Waals surface area contributed by atoms with Crippen LogP contribution in [0.1, 0.15) is 65.3 Å². The van der Waals surface area contributed by atoms with Crippen molar-refractivity contribution < 1.29 is 54.6 Å². The number of aliphatic hydroxyl groups excluding tert-OH is 2. The number of methoxy groups -OCH3 is 1. The largest absolute Gasteiger partial charge is 0.480 e. The van der Waals surface area contributed by atoms with E-state index < -0.39 is 36.6 Å². The number of rotatable bonds is 5. The molecule has 0 rings (SSSR count). The summed E-state index contributed by atoms with van der Waals surface area (Å²) >= 11 is 0. The highest BCUT2D eigenvalue weighted by Crippen LogP contribution is 1.95. The SMILES string of the molecule is C.C.C.C.C.C.CC(O)C(=O)O.COC(=O)COC(=O)C(C)C.O.O=C(O)CO. The van der Waals surface area contributed by atoms with E-state index in [1.807, 2.05) is 0 Å². The van der Waals surface area contributed by atoms with Gasteiger partial charge in [0.05, 0.1) is 13.0 Å². The first kappa shape index (κ1) is 63.2. The Hall–Kier alpha value is -2.24. The Kier molecular flexibility index (Phi) is 88.2. The lowest BCUT2D eigenvalue weighted by molar-refractivity contribution is -0.159. The number of carbonyl (C=O) groups excluding carboxylic acids is 2. The molecule has 186 valence electrons. The van der Waals surface area contributed by atoms with Crippen molar-refractivity contribution in [3.63, 3.8) is 0 Å². The predicted octanol–water partition coefficient (Wildman–Crippen LogP) is 1.87. The second-order valence-electron chi connectivity index (χ2n) is 3.90. The van der Waals surface area contributed by atoms with E-state index in [-0.39, 0.29) is 62.6 Å². The Morgan fingerprint density at radius 1 is 0.862 bits per heavy atom. The van der Waals surface area contributed by atoms with Crippen molar-refractivity contribution in [2.45, 2.75) is 71.4 Å². The zero-order valence-corrected chi connectivity index (χ0v) is 13.3. The average molecular weight is 441 g/mol. The third-order valence-electron chi connectivity index (χ3n) is 1.52. The third kappa shape index (κ3) is 66.8. The monoisotopic (exact) mass is 440 g/mol. The minimum absolute atomic E-state index is 0. The molecule has 11 heteroatoms. The van der Waals surface area contributed by atoms with E-state index in [1.54, 1.807) is 13.8 Å². The minimum atomic E-state index is -1.23. The maximum atomic E-state index is 10.7. The van der Waals surface area contributed by atoms with Crippen LogP contribution in [0.15, 0.2) is 0 Å². The molecule has 0 saturated carbocycles. The van der Waals surface area contributed by atoms with Crippen LogP contribution < -0.4 is 0 Å². The quantitative estimate of drug-likeness (QED) is 0.457. The van der Waals surface area contributed by atoms with Gasteiger partial charge in [-0.3, -0.25) is 4.79 Å². The number of esters is 2. The lowest BCUT2D eigenvalue weighted by atomic mass is 10.2. The zero-order chi connectivity index (χ0) is 18.3. The lowest BCUT2D eigenvalue weighted by Gasteiger charge is -2.04. The molecular weight excluding hydrogens is 392 g/mol. The van der Waals surface area contributed by atoms with Crippen molar-refractivity contribution in [2.75, 3.05) is 20.3 Å². The van der Waals surface area contributed by atoms with Crippen molar-refractivity contribution in [2.24, 2.45) is 5.92 Å². The smallest absolute Gasteiger partial charge is 0.344 e. The number of aliphatic carboxylic acids is 2. The molecule has 6 N–H and O–H groups in total. The molecule has 0 heterocycles. The minimum Gasteiger partial charge on any atom is -0.480 e. The standard InChI is InChI=1S/C7H12O4.C3H6O3.C2H4O3.6CH4.H2O/c1-5(2)7(9)11-4-6(8)10-3;1-2(4)3(5)6;3-1-2(4)5;;;;;;;/h5H,4H2,1-3H3;2,4H,1H3,(H,5,6);3H,1H2,(H,4,5);6*1H4;1H2. The number of carbonyl (C=O) groups is 4. The number of hydrogen-bond acceptors (Lipinski definition) is 8. The Balaban J connectivity index is -0.0000000223. The average Bonchev–Trinajstić information content (AvgIpc) is 2.45. The summed E-state index contributed by atoms with van der Waals surface area (Å²) in [5.74, 6) is -3.52. The maximum Gasteiger partial charge on any atom is 0.344 e. The van der Waals surface area contributed by atoms with Gasteiger partial charge in [-0.05, 0) is 6.92 Å². The highest BCUT2D eigenvalue weighted by molar-refractivity contribution is 5.77. The number of carboxylic acid groups (broad SMARTS) is 2. The summed E-state index contributed by atoms with van der Waals surface area (Å²) in [6.07, 6.45) is -1.23. The Morgan fingerprint density at radius 2 is 1.14 bits per heavy atom. The maximum absolute atomic E-state index is 10.7. The van der Waals surface area contributed by atoms with Gasteiger partial charge in [-0.1, -0.05) is 58.4 Å². The third-order valence-corrected chi connectivity index (χ3v) is 1.52. The molecule has 0 spiro atoms.